The monoisotopic (exact) mass is 691 g/mol. The number of aryl methyl sites for hydroxylation is 2. The van der Waals surface area contributed by atoms with Crippen molar-refractivity contribution in [1.82, 2.24) is 24.9 Å². The average Bonchev–Trinajstić information content (AvgIpc) is 3.23. The smallest absolute Gasteiger partial charge is 0.164 e. The van der Waals surface area contributed by atoms with Crippen LogP contribution in [0.5, 0.6) is 0 Å². The van der Waals surface area contributed by atoms with Crippen molar-refractivity contribution in [3.63, 3.8) is 0 Å². The second kappa shape index (κ2) is 12.8. The molecule has 0 saturated heterocycles. The number of nitrogens with zero attached hydrogens (tertiary/aromatic N) is 5. The van der Waals surface area contributed by atoms with Crippen molar-refractivity contribution in [2.45, 2.75) is 13.8 Å². The Balaban J connectivity index is 1.16. The van der Waals surface area contributed by atoms with E-state index in [1.165, 1.54) is 10.8 Å². The highest BCUT2D eigenvalue weighted by Crippen LogP contribution is 2.41. The van der Waals surface area contributed by atoms with Crippen LogP contribution in [0.1, 0.15) is 11.4 Å². The number of hydrogen-bond donors (Lipinski definition) is 0. The molecule has 10 aromatic rings. The van der Waals surface area contributed by atoms with E-state index in [4.69, 9.17) is 24.9 Å². The molecule has 0 aliphatic heterocycles. The second-order valence-electron chi connectivity index (χ2n) is 13.7. The molecule has 0 N–H and O–H groups in total. The van der Waals surface area contributed by atoms with Crippen molar-refractivity contribution in [1.29, 1.82) is 0 Å². The third kappa shape index (κ3) is 5.37. The van der Waals surface area contributed by atoms with Gasteiger partial charge in [0.15, 0.2) is 17.5 Å². The van der Waals surface area contributed by atoms with Crippen LogP contribution in [0.4, 0.5) is 0 Å². The Kier molecular flexibility index (Phi) is 7.51. The average molecular weight is 692 g/mol. The summed E-state index contributed by atoms with van der Waals surface area (Å²) < 4.78 is 0. The molecule has 54 heavy (non-hydrogen) atoms. The van der Waals surface area contributed by atoms with Crippen molar-refractivity contribution in [2.75, 3.05) is 0 Å². The van der Waals surface area contributed by atoms with Gasteiger partial charge in [-0.05, 0) is 41.8 Å². The van der Waals surface area contributed by atoms with Gasteiger partial charge in [-0.15, -0.1) is 0 Å². The molecule has 0 aliphatic carbocycles. The Bertz CT molecular complexity index is 2970. The van der Waals surface area contributed by atoms with Gasteiger partial charge in [-0.3, -0.25) is 4.98 Å². The van der Waals surface area contributed by atoms with E-state index in [0.29, 0.717) is 17.5 Å². The van der Waals surface area contributed by atoms with Gasteiger partial charge in [0.25, 0.3) is 0 Å². The topological polar surface area (TPSA) is 64.5 Å². The summed E-state index contributed by atoms with van der Waals surface area (Å²) in [4.78, 5) is 25.4. The zero-order valence-electron chi connectivity index (χ0n) is 29.8. The van der Waals surface area contributed by atoms with Gasteiger partial charge in [0.2, 0.25) is 0 Å². The minimum atomic E-state index is 0.611. The van der Waals surface area contributed by atoms with Crippen LogP contribution in [-0.4, -0.2) is 24.9 Å². The molecule has 10 rings (SSSR count). The summed E-state index contributed by atoms with van der Waals surface area (Å²) in [5.41, 5.74) is 11.1. The van der Waals surface area contributed by atoms with Gasteiger partial charge in [-0.2, -0.15) is 0 Å². The second-order valence-corrected chi connectivity index (χ2v) is 13.7. The third-order valence-corrected chi connectivity index (χ3v) is 10.3. The summed E-state index contributed by atoms with van der Waals surface area (Å²) in [6.45, 7) is 4.07. The molecule has 0 spiro atoms. The van der Waals surface area contributed by atoms with Crippen molar-refractivity contribution >= 4 is 43.4 Å². The molecule has 0 amide bonds. The molecule has 5 nitrogen and oxygen atoms in total. The predicted molar refractivity (Wildman–Crippen MR) is 222 cm³/mol. The van der Waals surface area contributed by atoms with Gasteiger partial charge in [-0.1, -0.05) is 158 Å². The maximum atomic E-state index is 5.37. The van der Waals surface area contributed by atoms with E-state index in [0.717, 1.165) is 82.9 Å². The molecular formula is C49H33N5. The first-order valence-electron chi connectivity index (χ1n) is 18.2. The number of rotatable bonds is 5. The number of aromatic nitrogens is 5. The summed E-state index contributed by atoms with van der Waals surface area (Å²) in [5.74, 6) is 1.85. The third-order valence-electron chi connectivity index (χ3n) is 10.3. The zero-order valence-corrected chi connectivity index (χ0v) is 29.8. The standard InChI is InChI=1S/C49H33N5/c1-30-20-27-37(31(2)50-30)40-18-10-11-19-41(40)49-53-47(35-14-4-3-5-15-35)52-48(54-49)36-23-21-34(22-24-36)44-42-28-25-32-12-6-8-16-38(32)45(42)51-46-39-17-9-7-13-33(39)26-29-43(44)46/h3-29H,1-2H3. The molecule has 0 atom stereocenters. The lowest BCUT2D eigenvalue weighted by Gasteiger charge is -2.15. The fourth-order valence-electron chi connectivity index (χ4n) is 7.73. The van der Waals surface area contributed by atoms with E-state index in [-0.39, 0.29) is 0 Å². The first-order valence-corrected chi connectivity index (χ1v) is 18.2. The van der Waals surface area contributed by atoms with E-state index in [9.17, 15) is 0 Å². The molecule has 0 aliphatic rings. The SMILES string of the molecule is Cc1ccc(-c2ccccc2-c2nc(-c3ccccc3)nc(-c3ccc(-c4c5ccc6ccccc6c5nc5c4ccc4ccccc45)cc3)n2)c(C)n1. The van der Waals surface area contributed by atoms with Crippen molar-refractivity contribution in [3.8, 4) is 56.4 Å². The summed E-state index contributed by atoms with van der Waals surface area (Å²) >= 11 is 0. The van der Waals surface area contributed by atoms with E-state index in [1.807, 2.05) is 43.3 Å². The molecule has 0 bridgehead atoms. The minimum Gasteiger partial charge on any atom is -0.258 e. The van der Waals surface area contributed by atoms with Gasteiger partial charge < -0.3 is 0 Å². The summed E-state index contributed by atoms with van der Waals surface area (Å²) in [6, 6.07) is 57.1. The zero-order chi connectivity index (χ0) is 36.2. The molecule has 7 aromatic carbocycles. The lowest BCUT2D eigenvalue weighted by atomic mass is 9.92. The lowest BCUT2D eigenvalue weighted by molar-refractivity contribution is 1.07. The predicted octanol–water partition coefficient (Wildman–Crippen LogP) is 12.2. The molecule has 0 unspecified atom stereocenters. The fourth-order valence-corrected chi connectivity index (χ4v) is 7.73. The molecule has 5 heteroatoms. The maximum Gasteiger partial charge on any atom is 0.164 e. The molecule has 0 fully saturated rings. The van der Waals surface area contributed by atoms with Crippen molar-refractivity contribution in [3.05, 3.63) is 175 Å². The number of fused-ring (bicyclic) bond motifs is 6. The quantitative estimate of drug-likeness (QED) is 0.133. The molecule has 3 aromatic heterocycles. The lowest BCUT2D eigenvalue weighted by Crippen LogP contribution is -2.01. The summed E-state index contributed by atoms with van der Waals surface area (Å²) in [7, 11) is 0. The Morgan fingerprint density at radius 3 is 1.46 bits per heavy atom. The molecular weight excluding hydrogens is 659 g/mol. The summed E-state index contributed by atoms with van der Waals surface area (Å²) in [5, 5.41) is 6.88. The van der Waals surface area contributed by atoms with Gasteiger partial charge in [-0.25, -0.2) is 19.9 Å². The van der Waals surface area contributed by atoms with Crippen LogP contribution in [0, 0.1) is 13.8 Å². The summed E-state index contributed by atoms with van der Waals surface area (Å²) in [6.07, 6.45) is 0. The van der Waals surface area contributed by atoms with Crippen LogP contribution in [0.25, 0.3) is 99.8 Å². The van der Waals surface area contributed by atoms with Crippen LogP contribution in [0.2, 0.25) is 0 Å². The number of pyridine rings is 2. The Hall–Kier alpha value is -7.11. The molecule has 0 radical (unpaired) electrons. The Morgan fingerprint density at radius 2 is 0.833 bits per heavy atom. The van der Waals surface area contributed by atoms with E-state index >= 15 is 0 Å². The van der Waals surface area contributed by atoms with Gasteiger partial charge in [0.05, 0.1) is 11.0 Å². The fraction of sp³-hybridized carbons (Fsp3) is 0.0408. The number of benzene rings is 7. The molecule has 254 valence electrons. The van der Waals surface area contributed by atoms with Crippen LogP contribution >= 0.6 is 0 Å². The van der Waals surface area contributed by atoms with E-state index in [2.05, 4.69) is 134 Å². The highest BCUT2D eigenvalue weighted by molar-refractivity contribution is 6.21. The normalized spacial score (nSPS) is 11.5. The van der Waals surface area contributed by atoms with Crippen molar-refractivity contribution < 1.29 is 0 Å². The first-order chi connectivity index (χ1) is 26.6. The van der Waals surface area contributed by atoms with Crippen LogP contribution < -0.4 is 0 Å². The Morgan fingerprint density at radius 1 is 0.315 bits per heavy atom. The van der Waals surface area contributed by atoms with Crippen LogP contribution in [-0.2, 0) is 0 Å². The molecule has 3 heterocycles. The number of hydrogen-bond acceptors (Lipinski definition) is 5. The Labute approximate surface area is 312 Å². The highest BCUT2D eigenvalue weighted by atomic mass is 15.0. The largest absolute Gasteiger partial charge is 0.258 e. The highest BCUT2D eigenvalue weighted by Gasteiger charge is 2.19. The maximum absolute atomic E-state index is 5.37. The van der Waals surface area contributed by atoms with Gasteiger partial charge in [0.1, 0.15) is 0 Å². The first kappa shape index (κ1) is 31.6. The van der Waals surface area contributed by atoms with E-state index < -0.39 is 0 Å². The van der Waals surface area contributed by atoms with Crippen LogP contribution in [0.15, 0.2) is 164 Å². The van der Waals surface area contributed by atoms with Gasteiger partial charge in [0, 0.05) is 60.8 Å². The van der Waals surface area contributed by atoms with E-state index in [1.54, 1.807) is 0 Å². The minimum absolute atomic E-state index is 0.611. The van der Waals surface area contributed by atoms with Crippen molar-refractivity contribution in [2.24, 2.45) is 0 Å². The van der Waals surface area contributed by atoms with Gasteiger partial charge >= 0.3 is 0 Å². The molecule has 0 saturated carbocycles. The van der Waals surface area contributed by atoms with Crippen LogP contribution in [0.3, 0.4) is 0 Å².